The highest BCUT2D eigenvalue weighted by molar-refractivity contribution is 6.42. The van der Waals surface area contributed by atoms with Crippen molar-refractivity contribution < 1.29 is 18.9 Å². The largest absolute Gasteiger partial charge is 0.449 e. The second-order valence-electron chi connectivity index (χ2n) is 5.46. The Bertz CT molecular complexity index is 1090. The van der Waals surface area contributed by atoms with Crippen LogP contribution in [0.1, 0.15) is 12.5 Å². The predicted octanol–water partition coefficient (Wildman–Crippen LogP) is 4.43. The topological polar surface area (TPSA) is 125 Å². The van der Waals surface area contributed by atoms with Crippen molar-refractivity contribution in [2.24, 2.45) is 5.10 Å². The van der Waals surface area contributed by atoms with E-state index in [0.717, 1.165) is 0 Å². The van der Waals surface area contributed by atoms with Crippen molar-refractivity contribution in [3.8, 4) is 17.1 Å². The van der Waals surface area contributed by atoms with Crippen molar-refractivity contribution in [3.63, 3.8) is 0 Å². The van der Waals surface area contributed by atoms with Crippen LogP contribution in [0, 0.1) is 10.1 Å². The molecule has 1 amide bonds. The summed E-state index contributed by atoms with van der Waals surface area (Å²) >= 11 is 12.0. The molecule has 29 heavy (non-hydrogen) atoms. The molecule has 0 saturated carbocycles. The first-order valence-electron chi connectivity index (χ1n) is 8.14. The van der Waals surface area contributed by atoms with Crippen LogP contribution < -0.4 is 5.43 Å². The summed E-state index contributed by atoms with van der Waals surface area (Å²) < 4.78 is 11.4. The van der Waals surface area contributed by atoms with Crippen LogP contribution in [0.15, 0.2) is 46.0 Å². The fourth-order valence-electron chi connectivity index (χ4n) is 2.30. The Kier molecular flexibility index (Phi) is 6.15. The summed E-state index contributed by atoms with van der Waals surface area (Å²) in [5.74, 6) is -0.287. The standard InChI is InChI=1S/C17H13Cl2N5O5/c1-2-28-17(25)21-20-8-10-9-23(11-3-4-12(18)13(19)7-11)22-16(10)14-5-6-15(29-14)24(26)27/h3-9H,2H2,1H3,(H,21,25). The highest BCUT2D eigenvalue weighted by Crippen LogP contribution is 2.29. The van der Waals surface area contributed by atoms with Crippen LogP contribution in [-0.4, -0.2) is 33.6 Å². The molecule has 1 aromatic carbocycles. The van der Waals surface area contributed by atoms with Crippen LogP contribution in [0.3, 0.4) is 0 Å². The van der Waals surface area contributed by atoms with Gasteiger partial charge < -0.3 is 9.15 Å². The van der Waals surface area contributed by atoms with Crippen LogP contribution in [0.25, 0.3) is 17.1 Å². The van der Waals surface area contributed by atoms with Gasteiger partial charge >= 0.3 is 12.0 Å². The first-order valence-corrected chi connectivity index (χ1v) is 8.90. The molecule has 0 radical (unpaired) electrons. The number of ether oxygens (including phenoxy) is 1. The number of benzene rings is 1. The molecule has 3 rings (SSSR count). The van der Waals surface area contributed by atoms with Gasteiger partial charge in [-0.2, -0.15) is 10.2 Å². The van der Waals surface area contributed by atoms with Crippen molar-refractivity contribution in [3.05, 3.63) is 62.3 Å². The minimum Gasteiger partial charge on any atom is -0.449 e. The third kappa shape index (κ3) is 4.73. The third-order valence-corrected chi connectivity index (χ3v) is 4.29. The van der Waals surface area contributed by atoms with E-state index in [2.05, 4.69) is 15.6 Å². The number of carbonyl (C=O) groups excluding carboxylic acids is 1. The minimum absolute atomic E-state index is 0.146. The molecule has 0 saturated heterocycles. The molecule has 10 nitrogen and oxygen atoms in total. The summed E-state index contributed by atoms with van der Waals surface area (Å²) in [5, 5.41) is 19.8. The number of carbonyl (C=O) groups is 1. The maximum Gasteiger partial charge on any atom is 0.433 e. The van der Waals surface area contributed by atoms with E-state index in [4.69, 9.17) is 32.4 Å². The summed E-state index contributed by atoms with van der Waals surface area (Å²) in [7, 11) is 0. The first kappa shape index (κ1) is 20.4. The highest BCUT2D eigenvalue weighted by atomic mass is 35.5. The van der Waals surface area contributed by atoms with E-state index < -0.39 is 16.9 Å². The van der Waals surface area contributed by atoms with Gasteiger partial charge in [-0.25, -0.2) is 14.9 Å². The van der Waals surface area contributed by atoms with Crippen LogP contribution >= 0.6 is 23.2 Å². The van der Waals surface area contributed by atoms with Crippen LogP contribution in [0.4, 0.5) is 10.7 Å². The van der Waals surface area contributed by atoms with Gasteiger partial charge in [0.05, 0.1) is 34.6 Å². The van der Waals surface area contributed by atoms with E-state index in [1.165, 1.54) is 23.0 Å². The summed E-state index contributed by atoms with van der Waals surface area (Å²) in [6, 6.07) is 7.52. The predicted molar refractivity (Wildman–Crippen MR) is 106 cm³/mol. The monoisotopic (exact) mass is 437 g/mol. The van der Waals surface area contributed by atoms with Crippen molar-refractivity contribution in [2.45, 2.75) is 6.92 Å². The fraction of sp³-hybridized carbons (Fsp3) is 0.118. The molecule has 3 aromatic rings. The molecule has 0 fully saturated rings. The van der Waals surface area contributed by atoms with Crippen molar-refractivity contribution >= 4 is 41.4 Å². The Morgan fingerprint density at radius 1 is 1.38 bits per heavy atom. The SMILES string of the molecule is CCOC(=O)NN=Cc1cn(-c2ccc(Cl)c(Cl)c2)nc1-c1ccc([N+](=O)[O-])o1. The molecular weight excluding hydrogens is 425 g/mol. The number of amides is 1. The summed E-state index contributed by atoms with van der Waals surface area (Å²) in [5.41, 5.74) is 3.45. The maximum absolute atomic E-state index is 11.4. The normalized spacial score (nSPS) is 11.0. The smallest absolute Gasteiger partial charge is 0.433 e. The Labute approximate surface area is 173 Å². The zero-order chi connectivity index (χ0) is 21.0. The van der Waals surface area contributed by atoms with Crippen molar-refractivity contribution in [2.75, 3.05) is 6.61 Å². The molecule has 0 unspecified atom stereocenters. The molecule has 1 N–H and O–H groups in total. The number of nitrogens with zero attached hydrogens (tertiary/aromatic N) is 4. The zero-order valence-corrected chi connectivity index (χ0v) is 16.3. The van der Waals surface area contributed by atoms with Gasteiger partial charge in [0.2, 0.25) is 0 Å². The van der Waals surface area contributed by atoms with Crippen molar-refractivity contribution in [1.82, 2.24) is 15.2 Å². The Morgan fingerprint density at radius 2 is 2.17 bits per heavy atom. The van der Waals surface area contributed by atoms with Gasteiger partial charge in [-0.3, -0.25) is 10.1 Å². The van der Waals surface area contributed by atoms with E-state index >= 15 is 0 Å². The van der Waals surface area contributed by atoms with E-state index in [1.54, 1.807) is 31.3 Å². The zero-order valence-electron chi connectivity index (χ0n) is 14.8. The number of halogens is 2. The molecule has 0 aliphatic heterocycles. The third-order valence-electron chi connectivity index (χ3n) is 3.55. The van der Waals surface area contributed by atoms with Gasteiger partial charge in [0.15, 0.2) is 5.76 Å². The molecule has 150 valence electrons. The minimum atomic E-state index is -0.726. The van der Waals surface area contributed by atoms with Gasteiger partial charge in [-0.05, 0) is 31.2 Å². The summed E-state index contributed by atoms with van der Waals surface area (Å²) in [6.45, 7) is 1.85. The molecular formula is C17H13Cl2N5O5. The fourth-order valence-corrected chi connectivity index (χ4v) is 2.60. The van der Waals surface area contributed by atoms with Gasteiger partial charge in [-0.1, -0.05) is 23.2 Å². The van der Waals surface area contributed by atoms with Gasteiger partial charge in [-0.15, -0.1) is 0 Å². The Hall–Kier alpha value is -3.37. The average Bonchev–Trinajstić information content (AvgIpc) is 3.31. The number of hydrazone groups is 1. The lowest BCUT2D eigenvalue weighted by Gasteiger charge is -2.02. The number of nitrogens with one attached hydrogen (secondary N) is 1. The Morgan fingerprint density at radius 3 is 2.83 bits per heavy atom. The molecule has 2 heterocycles. The quantitative estimate of drug-likeness (QED) is 0.345. The van der Waals surface area contributed by atoms with Crippen LogP contribution in [-0.2, 0) is 4.74 Å². The van der Waals surface area contributed by atoms with Crippen molar-refractivity contribution in [1.29, 1.82) is 0 Å². The summed E-state index contributed by atoms with van der Waals surface area (Å²) in [4.78, 5) is 21.6. The Balaban J connectivity index is 2.00. The second kappa shape index (κ2) is 8.76. The first-order chi connectivity index (χ1) is 13.9. The summed E-state index contributed by atoms with van der Waals surface area (Å²) in [6.07, 6.45) is 2.16. The molecule has 0 aliphatic carbocycles. The number of aromatic nitrogens is 2. The molecule has 12 heteroatoms. The maximum atomic E-state index is 11.4. The lowest BCUT2D eigenvalue weighted by atomic mass is 10.2. The number of furan rings is 1. The molecule has 0 aliphatic rings. The van der Waals surface area contributed by atoms with E-state index in [9.17, 15) is 14.9 Å². The molecule has 2 aromatic heterocycles. The van der Waals surface area contributed by atoms with Gasteiger partial charge in [0.1, 0.15) is 10.6 Å². The number of rotatable bonds is 6. The lowest BCUT2D eigenvalue weighted by Crippen LogP contribution is -2.18. The molecule has 0 bridgehead atoms. The van der Waals surface area contributed by atoms with Crippen LogP contribution in [0.5, 0.6) is 0 Å². The van der Waals surface area contributed by atoms with Gasteiger partial charge in [0.25, 0.3) is 0 Å². The molecule has 0 spiro atoms. The van der Waals surface area contributed by atoms with E-state index in [1.807, 2.05) is 0 Å². The number of hydrogen-bond acceptors (Lipinski definition) is 7. The number of hydrogen-bond donors (Lipinski definition) is 1. The van der Waals surface area contributed by atoms with Crippen LogP contribution in [0.2, 0.25) is 10.0 Å². The van der Waals surface area contributed by atoms with E-state index in [-0.39, 0.29) is 18.1 Å². The second-order valence-corrected chi connectivity index (χ2v) is 6.28. The number of nitro groups is 1. The molecule has 0 atom stereocenters. The average molecular weight is 438 g/mol. The highest BCUT2D eigenvalue weighted by Gasteiger charge is 2.19. The lowest BCUT2D eigenvalue weighted by molar-refractivity contribution is -0.401. The van der Waals surface area contributed by atoms with Gasteiger partial charge in [0, 0.05) is 11.8 Å². The van der Waals surface area contributed by atoms with E-state index in [0.29, 0.717) is 21.3 Å².